The first-order valence-corrected chi connectivity index (χ1v) is 10.1. The number of ether oxygens (including phenoxy) is 1. The van der Waals surface area contributed by atoms with E-state index in [9.17, 15) is 19.1 Å². The summed E-state index contributed by atoms with van der Waals surface area (Å²) in [7, 11) is 0. The summed E-state index contributed by atoms with van der Waals surface area (Å²) < 4.78 is 19.4. The molecule has 0 bridgehead atoms. The van der Waals surface area contributed by atoms with E-state index in [1.165, 1.54) is 41.6 Å². The van der Waals surface area contributed by atoms with Crippen molar-refractivity contribution in [3.63, 3.8) is 0 Å². The Balaban J connectivity index is 1.71. The molecule has 0 radical (unpaired) electrons. The molecule has 10 heteroatoms. The van der Waals surface area contributed by atoms with E-state index in [1.807, 2.05) is 13.8 Å². The van der Waals surface area contributed by atoms with E-state index >= 15 is 0 Å². The lowest BCUT2D eigenvalue weighted by Crippen LogP contribution is -2.46. The number of rotatable bonds is 9. The van der Waals surface area contributed by atoms with Crippen molar-refractivity contribution in [2.75, 3.05) is 18.5 Å². The van der Waals surface area contributed by atoms with Crippen LogP contribution in [0.5, 0.6) is 5.75 Å². The number of benzene rings is 1. The summed E-state index contributed by atoms with van der Waals surface area (Å²) in [5, 5.41) is 21.2. The van der Waals surface area contributed by atoms with Crippen molar-refractivity contribution in [2.24, 2.45) is 5.92 Å². The molecule has 1 aliphatic rings. The maximum Gasteiger partial charge on any atom is 0.251 e. The largest absolute Gasteiger partial charge is 0.457 e. The van der Waals surface area contributed by atoms with E-state index in [0.29, 0.717) is 6.42 Å². The molecule has 32 heavy (non-hydrogen) atoms. The molecule has 2 aromatic rings. The Labute approximate surface area is 184 Å². The van der Waals surface area contributed by atoms with Gasteiger partial charge >= 0.3 is 0 Å². The third kappa shape index (κ3) is 5.65. The van der Waals surface area contributed by atoms with Crippen LogP contribution in [0.3, 0.4) is 0 Å². The minimum absolute atomic E-state index is 0.00121. The van der Waals surface area contributed by atoms with Gasteiger partial charge in [0.2, 0.25) is 5.91 Å². The minimum atomic E-state index is -1.16. The summed E-state index contributed by atoms with van der Waals surface area (Å²) in [5.41, 5.74) is 0.165. The first kappa shape index (κ1) is 23.3. The molecule has 1 aliphatic heterocycles. The maximum atomic E-state index is 13.9. The molecule has 0 unspecified atom stereocenters. The lowest BCUT2D eigenvalue weighted by Gasteiger charge is -2.28. The van der Waals surface area contributed by atoms with Gasteiger partial charge in [-0.15, -0.1) is 0 Å². The number of aromatic nitrogens is 2. The Morgan fingerprint density at radius 2 is 2.03 bits per heavy atom. The predicted octanol–water partition coefficient (Wildman–Crippen LogP) is 1.80. The average molecular weight is 444 g/mol. The van der Waals surface area contributed by atoms with E-state index in [2.05, 4.69) is 15.3 Å². The number of carbonyl (C=O) groups is 2. The number of amides is 2. The monoisotopic (exact) mass is 444 g/mol. The molecular formula is C22H25FN4O5. The van der Waals surface area contributed by atoms with Gasteiger partial charge in [-0.2, -0.15) is 0 Å². The highest BCUT2D eigenvalue weighted by Gasteiger charge is 2.35. The lowest BCUT2D eigenvalue weighted by molar-refractivity contribution is -0.133. The number of hydrogen-bond acceptors (Lipinski definition) is 7. The van der Waals surface area contributed by atoms with Crippen molar-refractivity contribution < 1.29 is 28.9 Å². The van der Waals surface area contributed by atoms with Gasteiger partial charge in [-0.3, -0.25) is 14.6 Å². The van der Waals surface area contributed by atoms with Gasteiger partial charge in [0.25, 0.3) is 5.91 Å². The van der Waals surface area contributed by atoms with Gasteiger partial charge in [0.1, 0.15) is 17.9 Å². The Bertz CT molecular complexity index is 996. The molecule has 0 spiro atoms. The SMILES string of the molecule is CC(C)C[C@@H](C(=O)Nc1cnc([C@H](O)CO)cn1)N1CC(Oc2ccccc2F)=CC1=O. The third-order valence-corrected chi connectivity index (χ3v) is 4.78. The van der Waals surface area contributed by atoms with Crippen LogP contribution in [0, 0.1) is 11.7 Å². The van der Waals surface area contributed by atoms with Crippen LogP contribution in [0.2, 0.25) is 0 Å². The van der Waals surface area contributed by atoms with Gasteiger partial charge in [-0.05, 0) is 24.5 Å². The van der Waals surface area contributed by atoms with Crippen LogP contribution < -0.4 is 10.1 Å². The molecule has 0 saturated carbocycles. The van der Waals surface area contributed by atoms with Crippen LogP contribution in [0.25, 0.3) is 0 Å². The summed E-state index contributed by atoms with van der Waals surface area (Å²) in [6, 6.07) is 5.05. The second-order valence-electron chi connectivity index (χ2n) is 7.77. The summed E-state index contributed by atoms with van der Waals surface area (Å²) in [4.78, 5) is 35.0. The smallest absolute Gasteiger partial charge is 0.251 e. The van der Waals surface area contributed by atoms with Gasteiger partial charge in [-0.1, -0.05) is 26.0 Å². The first-order chi connectivity index (χ1) is 15.3. The number of nitrogens with zero attached hydrogens (tertiary/aromatic N) is 3. The number of halogens is 1. The topological polar surface area (TPSA) is 125 Å². The summed E-state index contributed by atoms with van der Waals surface area (Å²) in [5.74, 6) is -0.947. The summed E-state index contributed by atoms with van der Waals surface area (Å²) in [6.07, 6.45) is 2.97. The fourth-order valence-electron chi connectivity index (χ4n) is 3.21. The Hall–Kier alpha value is -3.37. The van der Waals surface area contributed by atoms with Gasteiger partial charge in [-0.25, -0.2) is 9.37 Å². The first-order valence-electron chi connectivity index (χ1n) is 10.1. The average Bonchev–Trinajstić information content (AvgIpc) is 3.13. The van der Waals surface area contributed by atoms with Crippen LogP contribution in [0.1, 0.15) is 32.1 Å². The highest BCUT2D eigenvalue weighted by atomic mass is 19.1. The summed E-state index contributed by atoms with van der Waals surface area (Å²) >= 11 is 0. The fourth-order valence-corrected chi connectivity index (χ4v) is 3.21. The molecular weight excluding hydrogens is 419 g/mol. The van der Waals surface area contributed by atoms with Crippen LogP contribution in [-0.4, -0.2) is 56.1 Å². The van der Waals surface area contributed by atoms with E-state index in [1.54, 1.807) is 6.07 Å². The molecule has 2 amide bonds. The van der Waals surface area contributed by atoms with E-state index in [0.717, 1.165) is 0 Å². The van der Waals surface area contributed by atoms with Crippen molar-refractivity contribution in [3.8, 4) is 5.75 Å². The van der Waals surface area contributed by atoms with Gasteiger partial charge in [0.05, 0.1) is 31.2 Å². The Morgan fingerprint density at radius 1 is 1.28 bits per heavy atom. The van der Waals surface area contributed by atoms with Crippen molar-refractivity contribution >= 4 is 17.6 Å². The third-order valence-electron chi connectivity index (χ3n) is 4.78. The minimum Gasteiger partial charge on any atom is -0.457 e. The standard InChI is InChI=1S/C22H25FN4O5/c1-13(2)7-17(22(31)26-20-10-24-16(9-25-20)18(29)12-28)27-11-14(8-21(27)30)32-19-6-4-3-5-15(19)23/h3-6,8-10,13,17-18,28-29H,7,11-12H2,1-2H3,(H,25,26,31)/t17-,18+/m0/s1. The van der Waals surface area contributed by atoms with Gasteiger partial charge < -0.3 is 25.2 Å². The van der Waals surface area contributed by atoms with E-state index in [-0.39, 0.29) is 35.5 Å². The summed E-state index contributed by atoms with van der Waals surface area (Å²) in [6.45, 7) is 3.37. The van der Waals surface area contributed by atoms with Crippen molar-refractivity contribution in [3.05, 3.63) is 60.0 Å². The molecule has 2 atom stereocenters. The zero-order valence-electron chi connectivity index (χ0n) is 17.7. The van der Waals surface area contributed by atoms with E-state index < -0.39 is 36.4 Å². The van der Waals surface area contributed by atoms with Crippen molar-refractivity contribution in [1.29, 1.82) is 0 Å². The van der Waals surface area contributed by atoms with Crippen molar-refractivity contribution in [1.82, 2.24) is 14.9 Å². The molecule has 1 aromatic heterocycles. The van der Waals surface area contributed by atoms with Crippen molar-refractivity contribution in [2.45, 2.75) is 32.4 Å². The zero-order valence-corrected chi connectivity index (χ0v) is 17.7. The predicted molar refractivity (Wildman–Crippen MR) is 113 cm³/mol. The zero-order chi connectivity index (χ0) is 23.3. The number of carbonyl (C=O) groups excluding carboxylic acids is 2. The Morgan fingerprint density at radius 3 is 2.66 bits per heavy atom. The normalized spacial score (nSPS) is 15.5. The van der Waals surface area contributed by atoms with Crippen LogP contribution in [0.4, 0.5) is 10.2 Å². The molecule has 9 nitrogen and oxygen atoms in total. The molecule has 0 aliphatic carbocycles. The number of para-hydroxylation sites is 1. The van der Waals surface area contributed by atoms with Crippen LogP contribution in [0.15, 0.2) is 48.5 Å². The molecule has 3 N–H and O–H groups in total. The Kier molecular flexibility index (Phi) is 7.49. The molecule has 0 saturated heterocycles. The number of aliphatic hydroxyl groups excluding tert-OH is 2. The van der Waals surface area contributed by atoms with Crippen LogP contribution in [-0.2, 0) is 9.59 Å². The quantitative estimate of drug-likeness (QED) is 0.539. The van der Waals surface area contributed by atoms with Crippen LogP contribution >= 0.6 is 0 Å². The maximum absolute atomic E-state index is 13.9. The fraction of sp³-hybridized carbons (Fsp3) is 0.364. The molecule has 0 fully saturated rings. The van der Waals surface area contributed by atoms with Gasteiger partial charge in [0, 0.05) is 6.08 Å². The van der Waals surface area contributed by atoms with E-state index in [4.69, 9.17) is 9.84 Å². The molecule has 170 valence electrons. The second-order valence-corrected chi connectivity index (χ2v) is 7.77. The molecule has 3 rings (SSSR count). The van der Waals surface area contributed by atoms with Gasteiger partial charge in [0.15, 0.2) is 17.4 Å². The highest BCUT2D eigenvalue weighted by Crippen LogP contribution is 2.24. The molecule has 1 aromatic carbocycles. The number of hydrogen-bond donors (Lipinski definition) is 3. The lowest BCUT2D eigenvalue weighted by atomic mass is 10.0. The highest BCUT2D eigenvalue weighted by molar-refractivity contribution is 5.99. The number of anilines is 1. The molecule has 2 heterocycles. The number of aliphatic hydroxyl groups is 2. The second kappa shape index (κ2) is 10.3. The number of nitrogens with one attached hydrogen (secondary N) is 1.